The van der Waals surface area contributed by atoms with E-state index in [9.17, 15) is 30.7 Å². The summed E-state index contributed by atoms with van der Waals surface area (Å²) in [6, 6.07) is 0. The molecule has 7 heteroatoms. The quantitative estimate of drug-likeness (QED) is 0.602. The minimum Gasteiger partial charge on any atom is -0.223 e. The average Bonchev–Trinajstić information content (AvgIpc) is 2.15. The molecule has 0 radical (unpaired) electrons. The van der Waals surface area contributed by atoms with E-state index >= 15 is 0 Å². The molecule has 0 aromatic rings. The molecule has 0 rings (SSSR count). The number of hydrogen-bond acceptors (Lipinski definition) is 0. The second kappa shape index (κ2) is 5.65. The van der Waals surface area contributed by atoms with E-state index < -0.39 is 36.3 Å². The Bertz CT molecular complexity index is 239. The maximum absolute atomic E-state index is 13.8. The van der Waals surface area contributed by atoms with Crippen molar-refractivity contribution in [1.82, 2.24) is 0 Å². The zero-order valence-electron chi connectivity index (χ0n) is 10.4. The summed E-state index contributed by atoms with van der Waals surface area (Å²) in [6.07, 6.45) is -11.9. The monoisotopic (exact) mass is 282 g/mol. The number of halogens is 7. The third-order valence-corrected chi connectivity index (χ3v) is 3.21. The molecular formula is C11H17F7. The van der Waals surface area contributed by atoms with Crippen molar-refractivity contribution < 1.29 is 30.7 Å². The largest absolute Gasteiger partial charge is 0.431 e. The van der Waals surface area contributed by atoms with Crippen molar-refractivity contribution in [2.24, 2.45) is 11.8 Å². The Hall–Kier alpha value is -0.490. The van der Waals surface area contributed by atoms with Crippen molar-refractivity contribution in [2.45, 2.75) is 58.1 Å². The smallest absolute Gasteiger partial charge is 0.223 e. The third-order valence-electron chi connectivity index (χ3n) is 3.21. The lowest BCUT2D eigenvalue weighted by atomic mass is 9.75. The van der Waals surface area contributed by atoms with Gasteiger partial charge < -0.3 is 0 Å². The van der Waals surface area contributed by atoms with Gasteiger partial charge in [0.15, 0.2) is 0 Å². The van der Waals surface area contributed by atoms with Crippen LogP contribution in [-0.4, -0.2) is 18.0 Å². The zero-order chi connectivity index (χ0) is 14.8. The fraction of sp³-hybridized carbons (Fsp3) is 1.00. The molecule has 0 saturated heterocycles. The van der Waals surface area contributed by atoms with E-state index in [1.807, 2.05) is 0 Å². The molecule has 0 aliphatic heterocycles. The van der Waals surface area contributed by atoms with Gasteiger partial charge in [-0.3, -0.25) is 0 Å². The van der Waals surface area contributed by atoms with Crippen LogP contribution in [0.3, 0.4) is 0 Å². The first-order chi connectivity index (χ1) is 7.93. The van der Waals surface area contributed by atoms with Crippen molar-refractivity contribution in [3.8, 4) is 0 Å². The lowest BCUT2D eigenvalue weighted by molar-refractivity contribution is -0.362. The van der Waals surface area contributed by atoms with E-state index in [4.69, 9.17) is 0 Å². The second-order valence-corrected chi connectivity index (χ2v) is 4.49. The molecule has 0 nitrogen and oxygen atoms in total. The molecule has 2 atom stereocenters. The summed E-state index contributed by atoms with van der Waals surface area (Å²) in [5, 5.41) is 0. The Morgan fingerprint density at radius 2 is 1.22 bits per heavy atom. The van der Waals surface area contributed by atoms with Crippen molar-refractivity contribution in [3.63, 3.8) is 0 Å². The summed E-state index contributed by atoms with van der Waals surface area (Å²) >= 11 is 0. The molecular weight excluding hydrogens is 265 g/mol. The predicted octanol–water partition coefficient (Wildman–Crippen LogP) is 5.28. The van der Waals surface area contributed by atoms with Gasteiger partial charge in [-0.05, 0) is 12.3 Å². The topological polar surface area (TPSA) is 0 Å². The van der Waals surface area contributed by atoms with Gasteiger partial charge in [-0.25, -0.2) is 4.39 Å². The molecule has 0 aliphatic rings. The number of alkyl halides is 7. The first kappa shape index (κ1) is 17.5. The molecule has 0 heterocycles. The standard InChI is InChI=1S/C11H17F7/c1-4-6-7(3)8(5-2)9(12,10(13,14)15)11(16,17)18/h7-8H,4-6H2,1-3H3. The van der Waals surface area contributed by atoms with Gasteiger partial charge in [0.2, 0.25) is 0 Å². The summed E-state index contributed by atoms with van der Waals surface area (Å²) in [5.74, 6) is -3.11. The molecule has 110 valence electrons. The van der Waals surface area contributed by atoms with E-state index in [0.717, 1.165) is 6.92 Å². The highest BCUT2D eigenvalue weighted by molar-refractivity contribution is 5.01. The van der Waals surface area contributed by atoms with Gasteiger partial charge in [-0.1, -0.05) is 33.6 Å². The molecule has 2 unspecified atom stereocenters. The van der Waals surface area contributed by atoms with Crippen LogP contribution in [0.1, 0.15) is 40.0 Å². The average molecular weight is 282 g/mol. The van der Waals surface area contributed by atoms with Gasteiger partial charge in [0.05, 0.1) is 0 Å². The molecule has 18 heavy (non-hydrogen) atoms. The van der Waals surface area contributed by atoms with Crippen LogP contribution in [0.5, 0.6) is 0 Å². The van der Waals surface area contributed by atoms with Crippen LogP contribution in [0.4, 0.5) is 30.7 Å². The SMILES string of the molecule is CCCC(C)C(CC)C(F)(C(F)(F)F)C(F)(F)F. The normalized spacial score (nSPS) is 17.7. The van der Waals surface area contributed by atoms with E-state index in [-0.39, 0.29) is 6.42 Å². The van der Waals surface area contributed by atoms with Gasteiger partial charge in [0.25, 0.3) is 0 Å². The zero-order valence-corrected chi connectivity index (χ0v) is 10.4. The summed E-state index contributed by atoms with van der Waals surface area (Å²) in [5.41, 5.74) is -5.14. The lowest BCUT2D eigenvalue weighted by Gasteiger charge is -2.39. The van der Waals surface area contributed by atoms with Gasteiger partial charge in [-0.2, -0.15) is 26.3 Å². The fourth-order valence-electron chi connectivity index (χ4n) is 2.31. The van der Waals surface area contributed by atoms with Crippen LogP contribution >= 0.6 is 0 Å². The van der Waals surface area contributed by atoms with E-state index in [0.29, 0.717) is 6.42 Å². The Labute approximate surface area is 102 Å². The molecule has 0 aromatic heterocycles. The molecule has 0 aliphatic carbocycles. The van der Waals surface area contributed by atoms with Gasteiger partial charge in [0.1, 0.15) is 0 Å². The Kier molecular flexibility index (Phi) is 5.50. The van der Waals surface area contributed by atoms with Gasteiger partial charge in [0, 0.05) is 5.92 Å². The molecule has 0 saturated carbocycles. The third kappa shape index (κ3) is 3.09. The van der Waals surface area contributed by atoms with Crippen LogP contribution in [-0.2, 0) is 0 Å². The number of hydrogen-bond donors (Lipinski definition) is 0. The van der Waals surface area contributed by atoms with Crippen LogP contribution < -0.4 is 0 Å². The molecule has 0 N–H and O–H groups in total. The summed E-state index contributed by atoms with van der Waals surface area (Å²) in [7, 11) is 0. The minimum absolute atomic E-state index is 0.121. The summed E-state index contributed by atoms with van der Waals surface area (Å²) < 4.78 is 89.1. The molecule has 0 aromatic carbocycles. The van der Waals surface area contributed by atoms with Crippen LogP contribution in [0.15, 0.2) is 0 Å². The number of rotatable bonds is 5. The minimum atomic E-state index is -5.95. The first-order valence-corrected chi connectivity index (χ1v) is 5.75. The Morgan fingerprint density at radius 1 is 0.833 bits per heavy atom. The highest BCUT2D eigenvalue weighted by atomic mass is 19.4. The first-order valence-electron chi connectivity index (χ1n) is 5.75. The summed E-state index contributed by atoms with van der Waals surface area (Å²) in [6.45, 7) is 4.00. The summed E-state index contributed by atoms with van der Waals surface area (Å²) in [4.78, 5) is 0. The molecule has 0 amide bonds. The Morgan fingerprint density at radius 3 is 1.44 bits per heavy atom. The highest BCUT2D eigenvalue weighted by Gasteiger charge is 2.75. The lowest BCUT2D eigenvalue weighted by Crippen LogP contribution is -2.59. The maximum Gasteiger partial charge on any atom is 0.431 e. The van der Waals surface area contributed by atoms with Crippen molar-refractivity contribution in [3.05, 3.63) is 0 Å². The second-order valence-electron chi connectivity index (χ2n) is 4.49. The van der Waals surface area contributed by atoms with E-state index in [2.05, 4.69) is 0 Å². The molecule has 0 bridgehead atoms. The van der Waals surface area contributed by atoms with Gasteiger partial charge in [-0.15, -0.1) is 0 Å². The predicted molar refractivity (Wildman–Crippen MR) is 53.8 cm³/mol. The Balaban J connectivity index is 5.56. The van der Waals surface area contributed by atoms with E-state index in [1.54, 1.807) is 6.92 Å². The fourth-order valence-corrected chi connectivity index (χ4v) is 2.31. The highest BCUT2D eigenvalue weighted by Crippen LogP contribution is 2.54. The maximum atomic E-state index is 13.8. The van der Waals surface area contributed by atoms with Gasteiger partial charge >= 0.3 is 18.0 Å². The van der Waals surface area contributed by atoms with E-state index in [1.165, 1.54) is 6.92 Å². The molecule has 0 spiro atoms. The van der Waals surface area contributed by atoms with Crippen LogP contribution in [0, 0.1) is 11.8 Å². The molecule has 0 fully saturated rings. The van der Waals surface area contributed by atoms with Crippen molar-refractivity contribution in [1.29, 1.82) is 0 Å². The van der Waals surface area contributed by atoms with Crippen molar-refractivity contribution >= 4 is 0 Å². The van der Waals surface area contributed by atoms with Crippen LogP contribution in [0.2, 0.25) is 0 Å². The van der Waals surface area contributed by atoms with Crippen molar-refractivity contribution in [2.75, 3.05) is 0 Å². The van der Waals surface area contributed by atoms with Crippen LogP contribution in [0.25, 0.3) is 0 Å².